The van der Waals surface area contributed by atoms with Gasteiger partial charge in [0.15, 0.2) is 0 Å². The van der Waals surface area contributed by atoms with Crippen molar-refractivity contribution in [1.29, 1.82) is 0 Å². The lowest BCUT2D eigenvalue weighted by molar-refractivity contribution is -0.123. The Kier molecular flexibility index (Phi) is 4.83. The van der Waals surface area contributed by atoms with Gasteiger partial charge in [-0.05, 0) is 49.7 Å². The number of nitrogens with one attached hydrogen (secondary N) is 1. The van der Waals surface area contributed by atoms with E-state index in [0.29, 0.717) is 5.56 Å². The highest BCUT2D eigenvalue weighted by molar-refractivity contribution is 7.94. The van der Waals surface area contributed by atoms with Crippen LogP contribution in [0.5, 0.6) is 0 Å². The van der Waals surface area contributed by atoms with Gasteiger partial charge >= 0.3 is 0 Å². The highest BCUT2D eigenvalue weighted by Crippen LogP contribution is 2.35. The molecule has 0 bridgehead atoms. The lowest BCUT2D eigenvalue weighted by atomic mass is 9.95. The van der Waals surface area contributed by atoms with Gasteiger partial charge in [-0.3, -0.25) is 9.78 Å². The number of pyridine rings is 1. The molecule has 3 rings (SSSR count). The third-order valence-corrected chi connectivity index (χ3v) is 7.59. The van der Waals surface area contributed by atoms with Crippen LogP contribution in [0.2, 0.25) is 0 Å². The molecular weight excluding hydrogens is 390 g/mol. The van der Waals surface area contributed by atoms with Crippen molar-refractivity contribution >= 4 is 31.6 Å². The van der Waals surface area contributed by atoms with Crippen LogP contribution in [0.15, 0.2) is 53.7 Å². The van der Waals surface area contributed by atoms with E-state index in [2.05, 4.69) is 9.71 Å². The molecule has 0 saturated carbocycles. The van der Waals surface area contributed by atoms with Crippen molar-refractivity contribution in [2.24, 2.45) is 5.41 Å². The molecular formula is C17H19N3O5S2. The molecule has 0 radical (unpaired) electrons. The van der Waals surface area contributed by atoms with Crippen LogP contribution in [0, 0.1) is 5.41 Å². The second-order valence-corrected chi connectivity index (χ2v) is 10.5. The van der Waals surface area contributed by atoms with Crippen molar-refractivity contribution in [2.75, 3.05) is 10.1 Å². The van der Waals surface area contributed by atoms with Crippen LogP contribution < -0.4 is 9.03 Å². The average Bonchev–Trinajstić information content (AvgIpc) is 2.77. The number of carbonyl (C=O) groups excluding carboxylic acids is 1. The minimum absolute atomic E-state index is 0.0292. The summed E-state index contributed by atoms with van der Waals surface area (Å²) in [6, 6.07) is 8.62. The number of nitrogens with zero attached hydrogens (tertiary/aromatic N) is 2. The van der Waals surface area contributed by atoms with Crippen LogP contribution in [-0.2, 0) is 31.4 Å². The zero-order valence-electron chi connectivity index (χ0n) is 14.8. The third kappa shape index (κ3) is 3.87. The first-order chi connectivity index (χ1) is 12.5. The van der Waals surface area contributed by atoms with Crippen LogP contribution in [0.3, 0.4) is 0 Å². The van der Waals surface area contributed by atoms with Crippen LogP contribution in [0.25, 0.3) is 0 Å². The molecule has 1 aromatic carbocycles. The zero-order valence-corrected chi connectivity index (χ0v) is 16.4. The van der Waals surface area contributed by atoms with Crippen LogP contribution >= 0.6 is 0 Å². The van der Waals surface area contributed by atoms with Gasteiger partial charge in [-0.2, -0.15) is 0 Å². The molecule has 8 nitrogen and oxygen atoms in total. The normalized spacial score (nSPS) is 18.6. The van der Waals surface area contributed by atoms with Crippen LogP contribution in [0.1, 0.15) is 19.4 Å². The topological polar surface area (TPSA) is 114 Å². The van der Waals surface area contributed by atoms with Gasteiger partial charge < -0.3 is 0 Å². The first-order valence-corrected chi connectivity index (χ1v) is 11.2. The monoisotopic (exact) mass is 409 g/mol. The Labute approximate surface area is 158 Å². The predicted octanol–water partition coefficient (Wildman–Crippen LogP) is 1.26. The van der Waals surface area contributed by atoms with Gasteiger partial charge in [0.2, 0.25) is 26.0 Å². The minimum atomic E-state index is -3.79. The van der Waals surface area contributed by atoms with Gasteiger partial charge in [0.25, 0.3) is 0 Å². The average molecular weight is 409 g/mol. The van der Waals surface area contributed by atoms with Gasteiger partial charge in [0.05, 0.1) is 21.8 Å². The summed E-state index contributed by atoms with van der Waals surface area (Å²) < 4.78 is 52.6. The minimum Gasteiger partial charge on any atom is -0.273 e. The van der Waals surface area contributed by atoms with Gasteiger partial charge in [0.1, 0.15) is 0 Å². The zero-order chi connectivity index (χ0) is 19.9. The maximum atomic E-state index is 12.4. The second kappa shape index (κ2) is 6.70. The number of rotatable bonds is 5. The van der Waals surface area contributed by atoms with Crippen LogP contribution in [0.4, 0.5) is 5.69 Å². The van der Waals surface area contributed by atoms with Gasteiger partial charge in [-0.1, -0.05) is 6.07 Å². The Hall–Kier alpha value is -2.30. The summed E-state index contributed by atoms with van der Waals surface area (Å²) in [6.45, 7) is 3.20. The van der Waals surface area contributed by atoms with E-state index in [1.54, 1.807) is 38.4 Å². The largest absolute Gasteiger partial charge is 0.273 e. The number of amides is 1. The van der Waals surface area contributed by atoms with E-state index in [4.69, 9.17) is 0 Å². The molecule has 1 aliphatic rings. The summed E-state index contributed by atoms with van der Waals surface area (Å²) in [5.41, 5.74) is -0.194. The lowest BCUT2D eigenvalue weighted by Gasteiger charge is -2.17. The van der Waals surface area contributed by atoms with Gasteiger partial charge in [0, 0.05) is 18.9 Å². The first kappa shape index (κ1) is 19.5. The van der Waals surface area contributed by atoms with E-state index in [9.17, 15) is 21.6 Å². The number of hydrogen-bond donors (Lipinski definition) is 1. The number of aromatic nitrogens is 1. The van der Waals surface area contributed by atoms with E-state index < -0.39 is 31.4 Å². The molecule has 0 aliphatic carbocycles. The molecule has 1 fully saturated rings. The fraction of sp³-hybridized carbons (Fsp3) is 0.294. The Morgan fingerprint density at radius 1 is 1.19 bits per heavy atom. The Bertz CT molecular complexity index is 1060. The second-order valence-electron chi connectivity index (χ2n) is 6.89. The Morgan fingerprint density at radius 2 is 1.85 bits per heavy atom. The summed E-state index contributed by atoms with van der Waals surface area (Å²) in [5, 5.41) is 0. The Balaban J connectivity index is 1.82. The number of carbonyl (C=O) groups is 1. The van der Waals surface area contributed by atoms with Crippen molar-refractivity contribution in [3.8, 4) is 0 Å². The highest BCUT2D eigenvalue weighted by atomic mass is 32.2. The fourth-order valence-corrected chi connectivity index (χ4v) is 5.91. The summed E-state index contributed by atoms with van der Waals surface area (Å²) >= 11 is 0. The smallest absolute Gasteiger partial charge is 0.247 e. The van der Waals surface area contributed by atoms with Crippen molar-refractivity contribution in [3.63, 3.8) is 0 Å². The van der Waals surface area contributed by atoms with E-state index in [0.717, 1.165) is 4.31 Å². The van der Waals surface area contributed by atoms with Gasteiger partial charge in [-0.25, -0.2) is 25.9 Å². The molecule has 1 aromatic heterocycles. The molecule has 1 aliphatic heterocycles. The number of sulfonamides is 2. The van der Waals surface area contributed by atoms with E-state index in [-0.39, 0.29) is 22.9 Å². The molecule has 0 spiro atoms. The van der Waals surface area contributed by atoms with Crippen molar-refractivity contribution < 1.29 is 21.6 Å². The summed E-state index contributed by atoms with van der Waals surface area (Å²) in [6.07, 6.45) is 3.14. The number of hydrogen-bond acceptors (Lipinski definition) is 6. The highest BCUT2D eigenvalue weighted by Gasteiger charge is 2.49. The first-order valence-electron chi connectivity index (χ1n) is 8.09. The molecule has 1 N–H and O–H groups in total. The van der Waals surface area contributed by atoms with E-state index >= 15 is 0 Å². The van der Waals surface area contributed by atoms with Gasteiger partial charge in [-0.15, -0.1) is 0 Å². The maximum absolute atomic E-state index is 12.4. The van der Waals surface area contributed by atoms with E-state index in [1.807, 2.05) is 0 Å². The third-order valence-electron chi connectivity index (χ3n) is 4.16. The van der Waals surface area contributed by atoms with Crippen molar-refractivity contribution in [1.82, 2.24) is 9.71 Å². The Morgan fingerprint density at radius 3 is 2.37 bits per heavy atom. The van der Waals surface area contributed by atoms with Crippen LogP contribution in [-0.4, -0.2) is 33.5 Å². The summed E-state index contributed by atoms with van der Waals surface area (Å²) in [7, 11) is -7.57. The summed E-state index contributed by atoms with van der Waals surface area (Å²) in [5.74, 6) is -0.821. The molecule has 144 valence electrons. The predicted molar refractivity (Wildman–Crippen MR) is 99.8 cm³/mol. The quantitative estimate of drug-likeness (QED) is 0.795. The molecule has 0 atom stereocenters. The van der Waals surface area contributed by atoms with Crippen molar-refractivity contribution in [2.45, 2.75) is 25.3 Å². The molecule has 1 saturated heterocycles. The fourth-order valence-electron chi connectivity index (χ4n) is 2.79. The lowest BCUT2D eigenvalue weighted by Crippen LogP contribution is -2.33. The molecule has 27 heavy (non-hydrogen) atoms. The van der Waals surface area contributed by atoms with E-state index in [1.165, 1.54) is 24.3 Å². The molecule has 1 amide bonds. The SMILES string of the molecule is CC1(C)CS(=O)(=O)N(c2ccc(S(=O)(=O)NCc3cccnc3)cc2)C1=O. The van der Waals surface area contributed by atoms with Crippen molar-refractivity contribution in [3.05, 3.63) is 54.4 Å². The molecule has 0 unspecified atom stereocenters. The number of anilines is 1. The molecule has 2 aromatic rings. The summed E-state index contributed by atoms with van der Waals surface area (Å²) in [4.78, 5) is 16.3. The molecule has 2 heterocycles. The standard InChI is InChI=1S/C17H19N3O5S2/c1-17(2)12-26(22,23)20(16(17)21)14-5-7-15(8-6-14)27(24,25)19-11-13-4-3-9-18-10-13/h3-10,19H,11-12H2,1-2H3. The number of benzene rings is 1. The maximum Gasteiger partial charge on any atom is 0.247 e. The molecule has 10 heteroatoms.